The molecule has 0 radical (unpaired) electrons. The first kappa shape index (κ1) is 22.9. The Morgan fingerprint density at radius 3 is 2.15 bits per heavy atom. The smallest absolute Gasteiger partial charge is 0.302 e. The van der Waals surface area contributed by atoms with Gasteiger partial charge in [-0.3, -0.25) is 15.0 Å². The number of halogens is 8. The van der Waals surface area contributed by atoms with Crippen molar-refractivity contribution >= 4 is 27.6 Å². The Balaban J connectivity index is 2.93. The molecule has 2 N–H and O–H groups in total. The van der Waals surface area contributed by atoms with Crippen molar-refractivity contribution in [3.8, 4) is 0 Å². The van der Waals surface area contributed by atoms with Crippen molar-refractivity contribution in [2.45, 2.75) is 31.4 Å². The standard InChI is InChI=1S/C15H12BrF7N2O2/c1-2-10(24-25-12(27)8-4-3-5-9(16)6-8)7-11(26)13(17,18)14(19,20)15(21,22)23/h3-7,24H,2H2,1H3,(H,25,27). The van der Waals surface area contributed by atoms with E-state index in [1.54, 1.807) is 6.07 Å². The lowest BCUT2D eigenvalue weighted by molar-refractivity contribution is -0.342. The summed E-state index contributed by atoms with van der Waals surface area (Å²) >= 11 is 3.11. The number of nitrogens with one attached hydrogen (secondary N) is 2. The van der Waals surface area contributed by atoms with E-state index in [0.717, 1.165) is 0 Å². The second kappa shape index (κ2) is 8.28. The molecule has 0 atom stereocenters. The van der Waals surface area contributed by atoms with Crippen LogP contribution in [0.15, 0.2) is 40.5 Å². The molecule has 0 saturated carbocycles. The Labute approximate surface area is 156 Å². The maximum atomic E-state index is 13.3. The molecular weight excluding hydrogens is 453 g/mol. The monoisotopic (exact) mass is 464 g/mol. The topological polar surface area (TPSA) is 58.2 Å². The van der Waals surface area contributed by atoms with Crippen LogP contribution in [0.4, 0.5) is 30.7 Å². The fourth-order valence-corrected chi connectivity index (χ4v) is 2.05. The second-order valence-electron chi connectivity index (χ2n) is 5.12. The molecule has 0 aliphatic rings. The van der Waals surface area contributed by atoms with Crippen molar-refractivity contribution in [3.05, 3.63) is 46.1 Å². The van der Waals surface area contributed by atoms with Gasteiger partial charge in [0.1, 0.15) is 0 Å². The van der Waals surface area contributed by atoms with Gasteiger partial charge in [-0.15, -0.1) is 0 Å². The van der Waals surface area contributed by atoms with E-state index in [0.29, 0.717) is 4.47 Å². The molecule has 1 aromatic carbocycles. The van der Waals surface area contributed by atoms with Crippen molar-refractivity contribution in [2.24, 2.45) is 0 Å². The zero-order valence-corrected chi connectivity index (χ0v) is 15.0. The number of ketones is 1. The molecular formula is C15H12BrF7N2O2. The molecule has 0 spiro atoms. The number of carbonyl (C=O) groups is 2. The minimum absolute atomic E-state index is 0.110. The Kier molecular flexibility index (Phi) is 7.03. The van der Waals surface area contributed by atoms with Gasteiger partial charge in [-0.2, -0.15) is 30.7 Å². The molecule has 27 heavy (non-hydrogen) atoms. The molecule has 1 amide bonds. The average Bonchev–Trinajstić information content (AvgIpc) is 2.56. The summed E-state index contributed by atoms with van der Waals surface area (Å²) < 4.78 is 89.2. The third-order valence-electron chi connectivity index (χ3n) is 3.17. The Morgan fingerprint density at radius 1 is 1.07 bits per heavy atom. The van der Waals surface area contributed by atoms with Crippen molar-refractivity contribution in [3.63, 3.8) is 0 Å². The molecule has 0 bridgehead atoms. The van der Waals surface area contributed by atoms with Crippen LogP contribution in [0.2, 0.25) is 0 Å². The van der Waals surface area contributed by atoms with Crippen LogP contribution < -0.4 is 10.9 Å². The van der Waals surface area contributed by atoms with Crippen LogP contribution in [0.5, 0.6) is 0 Å². The lowest BCUT2D eigenvalue weighted by atomic mass is 10.1. The van der Waals surface area contributed by atoms with Gasteiger partial charge in [-0.1, -0.05) is 28.9 Å². The van der Waals surface area contributed by atoms with Crippen LogP contribution >= 0.6 is 15.9 Å². The van der Waals surface area contributed by atoms with Gasteiger partial charge in [0.15, 0.2) is 0 Å². The van der Waals surface area contributed by atoms with E-state index < -0.39 is 35.4 Å². The number of hydrogen-bond acceptors (Lipinski definition) is 3. The summed E-state index contributed by atoms with van der Waals surface area (Å²) in [4.78, 5) is 23.2. The molecule has 1 aromatic rings. The first-order valence-corrected chi connectivity index (χ1v) is 7.92. The zero-order chi connectivity index (χ0) is 21.0. The Morgan fingerprint density at radius 2 is 1.67 bits per heavy atom. The fraction of sp³-hybridized carbons (Fsp3) is 0.333. The van der Waals surface area contributed by atoms with Crippen molar-refractivity contribution < 1.29 is 40.3 Å². The van der Waals surface area contributed by atoms with Crippen LogP contribution in [0.25, 0.3) is 0 Å². The molecule has 12 heteroatoms. The van der Waals surface area contributed by atoms with Crippen LogP contribution in [0, 0.1) is 0 Å². The average molecular weight is 465 g/mol. The number of benzene rings is 1. The summed E-state index contributed by atoms with van der Waals surface area (Å²) in [6, 6.07) is 5.91. The quantitative estimate of drug-likeness (QED) is 0.357. The molecule has 0 fully saturated rings. The molecule has 1 rings (SSSR count). The number of allylic oxidation sites excluding steroid dienone is 2. The number of hydrazine groups is 1. The lowest BCUT2D eigenvalue weighted by Crippen LogP contribution is -2.55. The van der Waals surface area contributed by atoms with E-state index in [4.69, 9.17) is 0 Å². The summed E-state index contributed by atoms with van der Waals surface area (Å²) in [5.74, 6) is -16.1. The van der Waals surface area contributed by atoms with Crippen molar-refractivity contribution in [1.82, 2.24) is 10.9 Å². The molecule has 0 aliphatic heterocycles. The number of alkyl halides is 7. The van der Waals surface area contributed by atoms with E-state index in [2.05, 4.69) is 15.9 Å². The van der Waals surface area contributed by atoms with Crippen LogP contribution in [0.3, 0.4) is 0 Å². The van der Waals surface area contributed by atoms with Crippen LogP contribution in [-0.2, 0) is 4.79 Å². The number of rotatable bonds is 7. The van der Waals surface area contributed by atoms with Crippen molar-refractivity contribution in [2.75, 3.05) is 0 Å². The van der Waals surface area contributed by atoms with Gasteiger partial charge >= 0.3 is 18.0 Å². The van der Waals surface area contributed by atoms with E-state index in [-0.39, 0.29) is 18.1 Å². The Bertz CT molecular complexity index is 748. The summed E-state index contributed by atoms with van der Waals surface area (Å²) in [6.07, 6.45) is -6.98. The largest absolute Gasteiger partial charge is 0.460 e. The minimum Gasteiger partial charge on any atom is -0.302 e. The van der Waals surface area contributed by atoms with Crippen molar-refractivity contribution in [1.29, 1.82) is 0 Å². The van der Waals surface area contributed by atoms with Gasteiger partial charge in [-0.25, -0.2) is 0 Å². The number of hydrogen-bond donors (Lipinski definition) is 2. The van der Waals surface area contributed by atoms with E-state index in [1.807, 2.05) is 10.9 Å². The highest BCUT2D eigenvalue weighted by atomic mass is 79.9. The molecule has 0 unspecified atom stereocenters. The van der Waals surface area contributed by atoms with Crippen LogP contribution in [-0.4, -0.2) is 29.7 Å². The van der Waals surface area contributed by atoms with Crippen LogP contribution in [0.1, 0.15) is 23.7 Å². The summed E-state index contributed by atoms with van der Waals surface area (Å²) in [7, 11) is 0. The second-order valence-corrected chi connectivity index (χ2v) is 6.04. The number of amides is 1. The normalized spacial score (nSPS) is 13.3. The summed E-state index contributed by atoms with van der Waals surface area (Å²) in [6.45, 7) is 1.29. The van der Waals surface area contributed by atoms with Gasteiger partial charge in [-0.05, 0) is 24.6 Å². The van der Waals surface area contributed by atoms with Gasteiger partial charge < -0.3 is 5.43 Å². The molecule has 0 heterocycles. The third kappa shape index (κ3) is 5.21. The zero-order valence-electron chi connectivity index (χ0n) is 13.4. The van der Waals surface area contributed by atoms with Gasteiger partial charge in [0.25, 0.3) is 5.91 Å². The van der Waals surface area contributed by atoms with Gasteiger partial charge in [0.05, 0.1) is 0 Å². The molecule has 0 saturated heterocycles. The highest BCUT2D eigenvalue weighted by molar-refractivity contribution is 9.10. The SMILES string of the molecule is CCC(=CC(=O)C(F)(F)C(F)(F)C(F)(F)F)NNC(=O)c1cccc(Br)c1. The fourth-order valence-electron chi connectivity index (χ4n) is 1.65. The first-order valence-electron chi connectivity index (χ1n) is 7.13. The minimum atomic E-state index is -6.62. The van der Waals surface area contributed by atoms with E-state index in [1.165, 1.54) is 25.1 Å². The maximum Gasteiger partial charge on any atom is 0.460 e. The summed E-state index contributed by atoms with van der Waals surface area (Å²) in [5.41, 5.74) is 3.68. The molecule has 4 nitrogen and oxygen atoms in total. The number of carbonyl (C=O) groups excluding carboxylic acids is 2. The highest BCUT2D eigenvalue weighted by Gasteiger charge is 2.75. The lowest BCUT2D eigenvalue weighted by Gasteiger charge is -2.26. The van der Waals surface area contributed by atoms with Gasteiger partial charge in [0, 0.05) is 21.8 Å². The predicted molar refractivity (Wildman–Crippen MR) is 84.1 cm³/mol. The molecule has 0 aromatic heterocycles. The third-order valence-corrected chi connectivity index (χ3v) is 3.66. The molecule has 0 aliphatic carbocycles. The van der Waals surface area contributed by atoms with Gasteiger partial charge in [0.2, 0.25) is 5.78 Å². The Hall–Kier alpha value is -2.11. The van der Waals surface area contributed by atoms with E-state index in [9.17, 15) is 40.3 Å². The maximum absolute atomic E-state index is 13.3. The highest BCUT2D eigenvalue weighted by Crippen LogP contribution is 2.47. The summed E-state index contributed by atoms with van der Waals surface area (Å²) in [5, 5.41) is 0. The predicted octanol–water partition coefficient (Wildman–Crippen LogP) is 4.38. The van der Waals surface area contributed by atoms with E-state index >= 15 is 0 Å². The molecule has 150 valence electrons. The first-order chi connectivity index (χ1) is 12.2.